The number of aliphatic hydroxyl groups is 1. The maximum atomic E-state index is 12.8. The number of ether oxygens (including phenoxy) is 1. The number of aromatic nitrogens is 2. The maximum absolute atomic E-state index is 12.8. The predicted octanol–water partition coefficient (Wildman–Crippen LogP) is 3.89. The van der Waals surface area contributed by atoms with Crippen molar-refractivity contribution in [3.63, 3.8) is 0 Å². The molecular formula is C24H28Cl2N4O3. The van der Waals surface area contributed by atoms with E-state index < -0.39 is 6.10 Å². The van der Waals surface area contributed by atoms with Crippen molar-refractivity contribution in [2.75, 3.05) is 26.2 Å². The van der Waals surface area contributed by atoms with Crippen molar-refractivity contribution in [2.24, 2.45) is 0 Å². The number of piperidine rings is 1. The minimum atomic E-state index is -0.664. The third kappa shape index (κ3) is 5.79. The number of likely N-dealkylation sites (tertiary alicyclic amines) is 1. The lowest BCUT2D eigenvalue weighted by molar-refractivity contribution is 0.0593. The van der Waals surface area contributed by atoms with Gasteiger partial charge >= 0.3 is 0 Å². The Morgan fingerprint density at radius 3 is 2.70 bits per heavy atom. The number of amides is 1. The molecule has 1 aliphatic rings. The molecule has 2 aromatic heterocycles. The van der Waals surface area contributed by atoms with Crippen LogP contribution >= 0.6 is 23.2 Å². The smallest absolute Gasteiger partial charge is 0.270 e. The number of hydrogen-bond acceptors (Lipinski definition) is 5. The van der Waals surface area contributed by atoms with E-state index in [1.807, 2.05) is 38.2 Å². The number of nitrogens with one attached hydrogen (secondary N) is 1. The van der Waals surface area contributed by atoms with Crippen molar-refractivity contribution >= 4 is 34.8 Å². The fraction of sp³-hybridized carbons (Fsp3) is 0.417. The molecule has 1 aliphatic heterocycles. The second-order valence-corrected chi connectivity index (χ2v) is 9.35. The molecule has 33 heavy (non-hydrogen) atoms. The van der Waals surface area contributed by atoms with E-state index >= 15 is 0 Å². The molecular weight excluding hydrogens is 463 g/mol. The van der Waals surface area contributed by atoms with Crippen LogP contribution in [0.2, 0.25) is 10.0 Å². The van der Waals surface area contributed by atoms with Gasteiger partial charge in [-0.3, -0.25) is 9.20 Å². The van der Waals surface area contributed by atoms with Gasteiger partial charge in [-0.25, -0.2) is 4.98 Å². The largest absolute Gasteiger partial charge is 0.490 e. The van der Waals surface area contributed by atoms with Crippen molar-refractivity contribution in [1.82, 2.24) is 19.6 Å². The van der Waals surface area contributed by atoms with Crippen LogP contribution in [-0.2, 0) is 0 Å². The number of nitrogens with zero attached hydrogens (tertiary/aromatic N) is 3. The molecule has 2 N–H and O–H groups in total. The second-order valence-electron chi connectivity index (χ2n) is 8.54. The van der Waals surface area contributed by atoms with Gasteiger partial charge in [0.25, 0.3) is 5.91 Å². The molecule has 1 atom stereocenters. The lowest BCUT2D eigenvalue weighted by Gasteiger charge is -2.33. The third-order valence-corrected chi connectivity index (χ3v) is 6.59. The Kier molecular flexibility index (Phi) is 7.44. The zero-order chi connectivity index (χ0) is 23.5. The standard InChI is InChI=1S/C24H28Cl2N4O3/c1-15-3-6-22-28-16(2)23(30(22)13-15)24(32)27-12-17(31)14-29-9-7-18(8-10-29)33-19-4-5-20(25)21(26)11-19/h3-6,11,13,17-18,31H,7-10,12,14H2,1-2H3,(H,27,32). The first-order valence-electron chi connectivity index (χ1n) is 11.1. The van der Waals surface area contributed by atoms with Crippen molar-refractivity contribution in [1.29, 1.82) is 0 Å². The zero-order valence-electron chi connectivity index (χ0n) is 18.7. The van der Waals surface area contributed by atoms with Crippen LogP contribution < -0.4 is 10.1 Å². The van der Waals surface area contributed by atoms with E-state index in [0.29, 0.717) is 33.7 Å². The average molecular weight is 491 g/mol. The topological polar surface area (TPSA) is 79.1 Å². The number of hydrogen-bond donors (Lipinski definition) is 2. The van der Waals surface area contributed by atoms with Crippen molar-refractivity contribution in [2.45, 2.75) is 38.9 Å². The zero-order valence-corrected chi connectivity index (χ0v) is 20.2. The highest BCUT2D eigenvalue weighted by molar-refractivity contribution is 6.42. The number of halogens is 2. The minimum absolute atomic E-state index is 0.0944. The summed E-state index contributed by atoms with van der Waals surface area (Å²) in [5, 5.41) is 14.3. The van der Waals surface area contributed by atoms with Gasteiger partial charge in [-0.05, 0) is 50.5 Å². The molecule has 9 heteroatoms. The van der Waals surface area contributed by atoms with Gasteiger partial charge in [0.1, 0.15) is 23.2 Å². The fourth-order valence-corrected chi connectivity index (χ4v) is 4.44. The Balaban J connectivity index is 1.24. The van der Waals surface area contributed by atoms with Crippen LogP contribution in [0.15, 0.2) is 36.5 Å². The van der Waals surface area contributed by atoms with Crippen molar-refractivity contribution < 1.29 is 14.6 Å². The van der Waals surface area contributed by atoms with Crippen LogP contribution in [0.25, 0.3) is 5.65 Å². The van der Waals surface area contributed by atoms with E-state index in [4.69, 9.17) is 27.9 Å². The van der Waals surface area contributed by atoms with E-state index in [1.165, 1.54) is 0 Å². The van der Waals surface area contributed by atoms with Gasteiger partial charge in [-0.15, -0.1) is 0 Å². The summed E-state index contributed by atoms with van der Waals surface area (Å²) in [6, 6.07) is 9.14. The first-order valence-corrected chi connectivity index (χ1v) is 11.8. The number of fused-ring (bicyclic) bond motifs is 1. The van der Waals surface area contributed by atoms with Gasteiger partial charge in [0, 0.05) is 38.4 Å². The highest BCUT2D eigenvalue weighted by Gasteiger charge is 2.23. The summed E-state index contributed by atoms with van der Waals surface area (Å²) in [6.45, 7) is 6.07. The molecule has 3 heterocycles. The number of benzene rings is 1. The molecule has 0 saturated carbocycles. The Bertz CT molecular complexity index is 1140. The molecule has 1 saturated heterocycles. The molecule has 7 nitrogen and oxygen atoms in total. The fourth-order valence-electron chi connectivity index (χ4n) is 4.15. The van der Waals surface area contributed by atoms with E-state index in [0.717, 1.165) is 37.1 Å². The highest BCUT2D eigenvalue weighted by Crippen LogP contribution is 2.28. The predicted molar refractivity (Wildman–Crippen MR) is 130 cm³/mol. The number of carbonyl (C=O) groups excluding carboxylic acids is 1. The van der Waals surface area contributed by atoms with Gasteiger partial charge in [-0.1, -0.05) is 29.3 Å². The summed E-state index contributed by atoms with van der Waals surface area (Å²) < 4.78 is 7.82. The molecule has 0 radical (unpaired) electrons. The van der Waals surface area contributed by atoms with E-state index in [-0.39, 0.29) is 18.6 Å². The maximum Gasteiger partial charge on any atom is 0.270 e. The molecule has 1 fully saturated rings. The number of β-amino-alcohol motifs (C(OH)–C–C–N with tert-alkyl or cyclic N) is 1. The molecule has 1 amide bonds. The van der Waals surface area contributed by atoms with Gasteiger partial charge in [0.05, 0.1) is 21.8 Å². The number of aryl methyl sites for hydroxylation is 2. The quantitative estimate of drug-likeness (QED) is 0.525. The summed E-state index contributed by atoms with van der Waals surface area (Å²) in [4.78, 5) is 19.4. The normalized spacial score (nSPS) is 16.2. The highest BCUT2D eigenvalue weighted by atomic mass is 35.5. The number of aliphatic hydroxyl groups excluding tert-OH is 1. The van der Waals surface area contributed by atoms with Crippen LogP contribution in [0.4, 0.5) is 0 Å². The molecule has 3 aromatic rings. The van der Waals surface area contributed by atoms with E-state index in [1.54, 1.807) is 16.5 Å². The summed E-state index contributed by atoms with van der Waals surface area (Å²) >= 11 is 12.0. The Morgan fingerprint density at radius 1 is 1.21 bits per heavy atom. The SMILES string of the molecule is Cc1ccc2nc(C)c(C(=O)NCC(O)CN3CCC(Oc4ccc(Cl)c(Cl)c4)CC3)n2c1. The molecule has 4 rings (SSSR count). The summed E-state index contributed by atoms with van der Waals surface area (Å²) in [6.07, 6.45) is 3.02. The van der Waals surface area contributed by atoms with E-state index in [2.05, 4.69) is 15.2 Å². The van der Waals surface area contributed by atoms with Crippen LogP contribution in [0.3, 0.4) is 0 Å². The number of imidazole rings is 1. The number of pyridine rings is 1. The van der Waals surface area contributed by atoms with Crippen molar-refractivity contribution in [3.05, 3.63) is 63.5 Å². The molecule has 0 aliphatic carbocycles. The molecule has 176 valence electrons. The molecule has 0 bridgehead atoms. The van der Waals surface area contributed by atoms with Gasteiger partial charge in [0.2, 0.25) is 0 Å². The Hall–Kier alpha value is -2.32. The molecule has 0 spiro atoms. The van der Waals surface area contributed by atoms with E-state index in [9.17, 15) is 9.90 Å². The van der Waals surface area contributed by atoms with Gasteiger partial charge < -0.3 is 20.1 Å². The number of carbonyl (C=O) groups is 1. The van der Waals surface area contributed by atoms with Crippen LogP contribution in [-0.4, -0.2) is 63.7 Å². The summed E-state index contributed by atoms with van der Waals surface area (Å²) in [5.41, 5.74) is 2.94. The van der Waals surface area contributed by atoms with Gasteiger partial charge in [0.15, 0.2) is 0 Å². The summed E-state index contributed by atoms with van der Waals surface area (Å²) in [5.74, 6) is 0.474. The van der Waals surface area contributed by atoms with Gasteiger partial charge in [-0.2, -0.15) is 0 Å². The van der Waals surface area contributed by atoms with Crippen LogP contribution in [0.5, 0.6) is 5.75 Å². The first kappa shape index (κ1) is 23.8. The monoisotopic (exact) mass is 490 g/mol. The average Bonchev–Trinajstić information content (AvgIpc) is 3.11. The third-order valence-electron chi connectivity index (χ3n) is 5.85. The summed E-state index contributed by atoms with van der Waals surface area (Å²) in [7, 11) is 0. The Labute approximate surface area is 203 Å². The lowest BCUT2D eigenvalue weighted by Crippen LogP contribution is -2.45. The van der Waals surface area contributed by atoms with Crippen molar-refractivity contribution in [3.8, 4) is 5.75 Å². The second kappa shape index (κ2) is 10.3. The first-order chi connectivity index (χ1) is 15.8. The lowest BCUT2D eigenvalue weighted by atomic mass is 10.1. The van der Waals surface area contributed by atoms with Crippen LogP contribution in [0, 0.1) is 13.8 Å². The Morgan fingerprint density at radius 2 is 1.97 bits per heavy atom. The van der Waals surface area contributed by atoms with Crippen LogP contribution in [0.1, 0.15) is 34.6 Å². The molecule has 1 unspecified atom stereocenters. The molecule has 1 aromatic carbocycles. The number of rotatable bonds is 7. The minimum Gasteiger partial charge on any atom is -0.490 e.